The molecule has 1 saturated heterocycles. The Kier molecular flexibility index (Phi) is 5.13. The van der Waals surface area contributed by atoms with Crippen molar-refractivity contribution in [2.24, 2.45) is 0 Å². The fourth-order valence-electron chi connectivity index (χ4n) is 3.04. The lowest BCUT2D eigenvalue weighted by molar-refractivity contribution is 0.0695. The highest BCUT2D eigenvalue weighted by molar-refractivity contribution is 5.94. The van der Waals surface area contributed by atoms with Gasteiger partial charge in [0.25, 0.3) is 5.91 Å². The predicted octanol–water partition coefficient (Wildman–Crippen LogP) is 3.05. The number of ether oxygens (including phenoxy) is 1. The van der Waals surface area contributed by atoms with E-state index in [4.69, 9.17) is 9.26 Å². The van der Waals surface area contributed by atoms with Crippen LogP contribution in [0.25, 0.3) is 0 Å². The van der Waals surface area contributed by atoms with Gasteiger partial charge in [-0.25, -0.2) is 0 Å². The Morgan fingerprint density at radius 1 is 1.38 bits per heavy atom. The Labute approximate surface area is 141 Å². The topological polar surface area (TPSA) is 68.5 Å². The highest BCUT2D eigenvalue weighted by Crippen LogP contribution is 2.27. The number of hydrogen-bond donors (Lipinski definition) is 0. The molecule has 3 rings (SSSR count). The Bertz CT molecular complexity index is 681. The molecule has 1 fully saturated rings. The van der Waals surface area contributed by atoms with Crippen LogP contribution in [0.4, 0.5) is 0 Å². The first-order chi connectivity index (χ1) is 11.7. The quantitative estimate of drug-likeness (QED) is 0.843. The molecule has 2 aromatic rings. The van der Waals surface area contributed by atoms with Crippen molar-refractivity contribution in [1.29, 1.82) is 0 Å². The molecule has 0 spiro atoms. The molecule has 1 atom stereocenters. The first-order valence-corrected chi connectivity index (χ1v) is 8.47. The molecule has 1 aliphatic heterocycles. The SMILES string of the molecule is CCCc1noc([C@@H]2CCCN(C(=O)c3ccc(OC)cc3)C2)n1. The molecular formula is C18H23N3O3. The van der Waals surface area contributed by atoms with Crippen LogP contribution in [0.15, 0.2) is 28.8 Å². The number of hydrogen-bond acceptors (Lipinski definition) is 5. The number of methoxy groups -OCH3 is 1. The first-order valence-electron chi connectivity index (χ1n) is 8.47. The molecule has 1 amide bonds. The van der Waals surface area contributed by atoms with Gasteiger partial charge in [-0.2, -0.15) is 4.98 Å². The molecule has 2 heterocycles. The van der Waals surface area contributed by atoms with Gasteiger partial charge in [-0.15, -0.1) is 0 Å². The summed E-state index contributed by atoms with van der Waals surface area (Å²) in [7, 11) is 1.61. The van der Waals surface area contributed by atoms with Gasteiger partial charge in [-0.3, -0.25) is 4.79 Å². The van der Waals surface area contributed by atoms with E-state index < -0.39 is 0 Å². The molecular weight excluding hydrogens is 306 g/mol. The molecule has 0 unspecified atom stereocenters. The largest absolute Gasteiger partial charge is 0.497 e. The minimum Gasteiger partial charge on any atom is -0.497 e. The zero-order valence-electron chi connectivity index (χ0n) is 14.2. The minimum atomic E-state index is 0.0376. The minimum absolute atomic E-state index is 0.0376. The Morgan fingerprint density at radius 2 is 2.17 bits per heavy atom. The Hall–Kier alpha value is -2.37. The van der Waals surface area contributed by atoms with Crippen molar-refractivity contribution in [3.8, 4) is 5.75 Å². The van der Waals surface area contributed by atoms with E-state index in [1.54, 1.807) is 19.2 Å². The summed E-state index contributed by atoms with van der Waals surface area (Å²) in [6.45, 7) is 3.47. The van der Waals surface area contributed by atoms with E-state index in [9.17, 15) is 4.79 Å². The number of nitrogens with zero attached hydrogens (tertiary/aromatic N) is 3. The third-order valence-electron chi connectivity index (χ3n) is 4.35. The molecule has 1 aromatic heterocycles. The zero-order chi connectivity index (χ0) is 16.9. The van der Waals surface area contributed by atoms with Gasteiger partial charge in [0.1, 0.15) is 5.75 Å². The van der Waals surface area contributed by atoms with Crippen LogP contribution in [0, 0.1) is 0 Å². The van der Waals surface area contributed by atoms with Gasteiger partial charge in [0.2, 0.25) is 5.89 Å². The lowest BCUT2D eigenvalue weighted by Crippen LogP contribution is -2.39. The van der Waals surface area contributed by atoms with E-state index in [0.29, 0.717) is 18.0 Å². The number of aromatic nitrogens is 2. The van der Waals surface area contributed by atoms with Crippen LogP contribution >= 0.6 is 0 Å². The highest BCUT2D eigenvalue weighted by atomic mass is 16.5. The standard InChI is InChI=1S/C18H23N3O3/c1-3-5-16-19-17(24-20-16)14-6-4-11-21(12-14)18(22)13-7-9-15(23-2)10-8-13/h7-10,14H,3-6,11-12H2,1-2H3/t14-/m1/s1. The number of amides is 1. The number of likely N-dealkylation sites (tertiary alicyclic amines) is 1. The molecule has 6 nitrogen and oxygen atoms in total. The van der Waals surface area contributed by atoms with Crippen LogP contribution in [-0.4, -0.2) is 41.1 Å². The number of aryl methyl sites for hydroxylation is 1. The fraction of sp³-hybridized carbons (Fsp3) is 0.500. The third-order valence-corrected chi connectivity index (χ3v) is 4.35. The van der Waals surface area contributed by atoms with Gasteiger partial charge < -0.3 is 14.2 Å². The average Bonchev–Trinajstić information content (AvgIpc) is 3.10. The molecule has 1 aromatic carbocycles. The second kappa shape index (κ2) is 7.47. The van der Waals surface area contributed by atoms with E-state index in [2.05, 4.69) is 17.1 Å². The molecule has 0 aliphatic carbocycles. The molecule has 0 bridgehead atoms. The van der Waals surface area contributed by atoms with E-state index in [1.165, 1.54) is 0 Å². The van der Waals surface area contributed by atoms with Crippen LogP contribution in [0.2, 0.25) is 0 Å². The first kappa shape index (κ1) is 16.5. The second-order valence-electron chi connectivity index (χ2n) is 6.12. The smallest absolute Gasteiger partial charge is 0.253 e. The van der Waals surface area contributed by atoms with Crippen LogP contribution < -0.4 is 4.74 Å². The number of piperidine rings is 1. The van der Waals surface area contributed by atoms with Gasteiger partial charge in [-0.1, -0.05) is 12.1 Å². The summed E-state index contributed by atoms with van der Waals surface area (Å²) in [5.74, 6) is 2.32. The summed E-state index contributed by atoms with van der Waals surface area (Å²) in [5, 5.41) is 4.02. The number of rotatable bonds is 5. The molecule has 0 radical (unpaired) electrons. The van der Waals surface area contributed by atoms with E-state index in [-0.39, 0.29) is 11.8 Å². The maximum Gasteiger partial charge on any atom is 0.253 e. The summed E-state index contributed by atoms with van der Waals surface area (Å²) in [6, 6.07) is 7.22. The number of carbonyl (C=O) groups is 1. The summed E-state index contributed by atoms with van der Waals surface area (Å²) in [6.07, 6.45) is 3.73. The van der Waals surface area contributed by atoms with Crippen molar-refractivity contribution in [2.45, 2.75) is 38.5 Å². The van der Waals surface area contributed by atoms with Gasteiger partial charge in [0.05, 0.1) is 13.0 Å². The van der Waals surface area contributed by atoms with E-state index in [0.717, 1.165) is 43.8 Å². The lowest BCUT2D eigenvalue weighted by atomic mass is 9.97. The molecule has 24 heavy (non-hydrogen) atoms. The Balaban J connectivity index is 1.68. The number of carbonyl (C=O) groups excluding carboxylic acids is 1. The predicted molar refractivity (Wildman–Crippen MR) is 89.2 cm³/mol. The lowest BCUT2D eigenvalue weighted by Gasteiger charge is -2.31. The van der Waals surface area contributed by atoms with Crippen LogP contribution in [-0.2, 0) is 6.42 Å². The normalized spacial score (nSPS) is 17.8. The monoisotopic (exact) mass is 329 g/mol. The maximum absolute atomic E-state index is 12.7. The summed E-state index contributed by atoms with van der Waals surface area (Å²) in [4.78, 5) is 19.1. The van der Waals surface area contributed by atoms with Gasteiger partial charge in [0.15, 0.2) is 5.82 Å². The average molecular weight is 329 g/mol. The molecule has 1 aliphatic rings. The van der Waals surface area contributed by atoms with Gasteiger partial charge >= 0.3 is 0 Å². The van der Waals surface area contributed by atoms with Gasteiger partial charge in [0, 0.05) is 25.1 Å². The zero-order valence-corrected chi connectivity index (χ0v) is 14.2. The second-order valence-corrected chi connectivity index (χ2v) is 6.12. The van der Waals surface area contributed by atoms with Crippen LogP contribution in [0.1, 0.15) is 54.2 Å². The summed E-state index contributed by atoms with van der Waals surface area (Å²) >= 11 is 0. The summed E-state index contributed by atoms with van der Waals surface area (Å²) < 4.78 is 10.5. The molecule has 6 heteroatoms. The fourth-order valence-corrected chi connectivity index (χ4v) is 3.04. The van der Waals surface area contributed by atoms with Gasteiger partial charge in [-0.05, 0) is 43.5 Å². The molecule has 0 saturated carbocycles. The van der Waals surface area contributed by atoms with Crippen molar-refractivity contribution >= 4 is 5.91 Å². The van der Waals surface area contributed by atoms with Crippen LogP contribution in [0.5, 0.6) is 5.75 Å². The molecule has 0 N–H and O–H groups in total. The summed E-state index contributed by atoms with van der Waals surface area (Å²) in [5.41, 5.74) is 0.675. The van der Waals surface area contributed by atoms with E-state index >= 15 is 0 Å². The van der Waals surface area contributed by atoms with Crippen molar-refractivity contribution in [3.05, 3.63) is 41.5 Å². The van der Waals surface area contributed by atoms with E-state index in [1.807, 2.05) is 17.0 Å². The Morgan fingerprint density at radius 3 is 2.88 bits per heavy atom. The van der Waals surface area contributed by atoms with Crippen molar-refractivity contribution < 1.29 is 14.1 Å². The van der Waals surface area contributed by atoms with Crippen molar-refractivity contribution in [1.82, 2.24) is 15.0 Å². The van der Waals surface area contributed by atoms with Crippen molar-refractivity contribution in [3.63, 3.8) is 0 Å². The van der Waals surface area contributed by atoms with Crippen molar-refractivity contribution in [2.75, 3.05) is 20.2 Å². The van der Waals surface area contributed by atoms with Crippen LogP contribution in [0.3, 0.4) is 0 Å². The highest BCUT2D eigenvalue weighted by Gasteiger charge is 2.29. The number of benzene rings is 1. The third kappa shape index (κ3) is 3.58. The maximum atomic E-state index is 12.7. The molecule has 128 valence electrons.